The predicted molar refractivity (Wildman–Crippen MR) is 112 cm³/mol. The van der Waals surface area contributed by atoms with Crippen LogP contribution >= 0.6 is 0 Å². The minimum absolute atomic E-state index is 0.167. The molecule has 0 aliphatic carbocycles. The lowest BCUT2D eigenvalue weighted by Gasteiger charge is -2.13. The molecule has 0 saturated carbocycles. The fraction of sp³-hybridized carbons (Fsp3) is 0.455. The quantitative estimate of drug-likeness (QED) is 0.372. The van der Waals surface area contributed by atoms with Crippen LogP contribution in [0.25, 0.3) is 0 Å². The zero-order valence-electron chi connectivity index (χ0n) is 18.8. The van der Waals surface area contributed by atoms with E-state index in [1.165, 1.54) is 6.92 Å². The highest BCUT2D eigenvalue weighted by Crippen LogP contribution is 2.23. The lowest BCUT2D eigenvalue weighted by atomic mass is 10.1. The van der Waals surface area contributed by atoms with Crippen LogP contribution in [-0.4, -0.2) is 53.0 Å². The summed E-state index contributed by atoms with van der Waals surface area (Å²) in [5, 5.41) is 0. The number of aromatic amines is 2. The van der Waals surface area contributed by atoms with Gasteiger partial charge < -0.3 is 24.2 Å². The molecule has 0 spiro atoms. The molecule has 0 aliphatic rings. The van der Waals surface area contributed by atoms with E-state index in [9.17, 15) is 19.2 Å². The third-order valence-electron chi connectivity index (χ3n) is 4.94. The van der Waals surface area contributed by atoms with Crippen LogP contribution in [0.4, 0.5) is 0 Å². The summed E-state index contributed by atoms with van der Waals surface area (Å²) in [7, 11) is 0. The third kappa shape index (κ3) is 4.70. The van der Waals surface area contributed by atoms with E-state index in [1.54, 1.807) is 41.5 Å². The number of aryl methyl sites for hydroxylation is 2. The lowest BCUT2D eigenvalue weighted by molar-refractivity contribution is 0.0315. The molecule has 0 aliphatic heterocycles. The second-order valence-electron chi connectivity index (χ2n) is 7.10. The largest absolute Gasteiger partial charge is 0.462 e. The van der Waals surface area contributed by atoms with Crippen LogP contribution in [-0.2, 0) is 14.2 Å². The van der Waals surface area contributed by atoms with Gasteiger partial charge in [-0.25, -0.2) is 14.4 Å². The van der Waals surface area contributed by atoms with E-state index < -0.39 is 29.8 Å². The summed E-state index contributed by atoms with van der Waals surface area (Å²) < 4.78 is 15.4. The molecule has 9 nitrogen and oxygen atoms in total. The first-order valence-electron chi connectivity index (χ1n) is 10.0. The number of ether oxygens (including phenoxy) is 3. The molecular formula is C22H28N2O7. The highest BCUT2D eigenvalue weighted by molar-refractivity contribution is 6.05. The van der Waals surface area contributed by atoms with Crippen molar-refractivity contribution in [1.82, 2.24) is 9.97 Å². The van der Waals surface area contributed by atoms with Crippen LogP contribution in [0.5, 0.6) is 0 Å². The molecule has 0 aromatic carbocycles. The fourth-order valence-corrected chi connectivity index (χ4v) is 3.45. The van der Waals surface area contributed by atoms with Crippen LogP contribution < -0.4 is 0 Å². The molecule has 0 amide bonds. The molecule has 2 aromatic rings. The zero-order valence-corrected chi connectivity index (χ0v) is 18.8. The molecule has 31 heavy (non-hydrogen) atoms. The van der Waals surface area contributed by atoms with E-state index in [-0.39, 0.29) is 30.2 Å². The maximum Gasteiger partial charge on any atom is 0.355 e. The first kappa shape index (κ1) is 23.9. The number of carbonyl (C=O) groups is 4. The number of ketones is 1. The van der Waals surface area contributed by atoms with Crippen LogP contribution in [0.15, 0.2) is 0 Å². The van der Waals surface area contributed by atoms with Gasteiger partial charge >= 0.3 is 17.9 Å². The fourth-order valence-electron chi connectivity index (χ4n) is 3.45. The summed E-state index contributed by atoms with van der Waals surface area (Å²) in [5.74, 6) is -2.33. The molecule has 2 rings (SSSR count). The van der Waals surface area contributed by atoms with E-state index in [2.05, 4.69) is 9.97 Å². The van der Waals surface area contributed by atoms with Crippen molar-refractivity contribution in [2.45, 2.75) is 54.6 Å². The first-order valence-corrected chi connectivity index (χ1v) is 10.0. The summed E-state index contributed by atoms with van der Waals surface area (Å²) in [4.78, 5) is 55.6. The Hall–Kier alpha value is -3.36. The van der Waals surface area contributed by atoms with Crippen molar-refractivity contribution in [1.29, 1.82) is 0 Å². The topological polar surface area (TPSA) is 128 Å². The standard InChI is InChI=1S/C22H28N2O7/c1-8-29-20(26)15-10(3)17(23-12(15)5)19(25)14(7)31-21(27)16-11(4)18(24-13(16)6)22(28)30-9-2/h14,23-24H,8-9H2,1-7H3. The summed E-state index contributed by atoms with van der Waals surface area (Å²) >= 11 is 0. The van der Waals surface area contributed by atoms with Gasteiger partial charge in [-0.05, 0) is 59.6 Å². The van der Waals surface area contributed by atoms with E-state index in [0.717, 1.165) is 0 Å². The Morgan fingerprint density at radius 3 is 1.74 bits per heavy atom. The van der Waals surface area contributed by atoms with Crippen molar-refractivity contribution in [3.05, 3.63) is 45.0 Å². The lowest BCUT2D eigenvalue weighted by Crippen LogP contribution is -2.26. The van der Waals surface area contributed by atoms with Gasteiger partial charge in [0.05, 0.1) is 30.0 Å². The molecule has 9 heteroatoms. The van der Waals surface area contributed by atoms with Crippen LogP contribution in [0.2, 0.25) is 0 Å². The molecule has 0 bridgehead atoms. The summed E-state index contributed by atoms with van der Waals surface area (Å²) in [5.41, 5.74) is 2.56. The van der Waals surface area contributed by atoms with Crippen molar-refractivity contribution in [2.75, 3.05) is 13.2 Å². The molecule has 2 aromatic heterocycles. The van der Waals surface area contributed by atoms with Gasteiger partial charge in [-0.15, -0.1) is 0 Å². The van der Waals surface area contributed by atoms with E-state index in [0.29, 0.717) is 28.1 Å². The van der Waals surface area contributed by atoms with E-state index in [4.69, 9.17) is 14.2 Å². The van der Waals surface area contributed by atoms with Gasteiger partial charge in [0.2, 0.25) is 5.78 Å². The van der Waals surface area contributed by atoms with Gasteiger partial charge in [-0.2, -0.15) is 0 Å². The van der Waals surface area contributed by atoms with Crippen LogP contribution in [0.1, 0.15) is 85.0 Å². The van der Waals surface area contributed by atoms with Crippen molar-refractivity contribution < 1.29 is 33.4 Å². The van der Waals surface area contributed by atoms with Gasteiger partial charge in [-0.3, -0.25) is 4.79 Å². The Morgan fingerprint density at radius 2 is 1.19 bits per heavy atom. The number of esters is 3. The Balaban J connectivity index is 2.25. The first-order chi connectivity index (χ1) is 14.5. The summed E-state index contributed by atoms with van der Waals surface area (Å²) in [6.07, 6.45) is -1.13. The maximum absolute atomic E-state index is 12.9. The number of rotatable bonds is 8. The monoisotopic (exact) mass is 432 g/mol. The average molecular weight is 432 g/mol. The molecule has 2 N–H and O–H groups in total. The SMILES string of the molecule is CCOC(=O)c1[nH]c(C)c(C(=O)OC(C)C(=O)c2[nH]c(C)c(C(=O)OCC)c2C)c1C. The van der Waals surface area contributed by atoms with Crippen LogP contribution in [0.3, 0.4) is 0 Å². The van der Waals surface area contributed by atoms with Gasteiger partial charge in [-0.1, -0.05) is 0 Å². The number of aromatic nitrogens is 2. The van der Waals surface area contributed by atoms with Gasteiger partial charge in [0.1, 0.15) is 5.69 Å². The highest BCUT2D eigenvalue weighted by Gasteiger charge is 2.30. The third-order valence-corrected chi connectivity index (χ3v) is 4.94. The number of nitrogens with one attached hydrogen (secondary N) is 2. The molecular weight excluding hydrogens is 404 g/mol. The smallest absolute Gasteiger partial charge is 0.355 e. The van der Waals surface area contributed by atoms with Crippen LogP contribution in [0, 0.1) is 27.7 Å². The van der Waals surface area contributed by atoms with E-state index in [1.807, 2.05) is 0 Å². The summed E-state index contributed by atoms with van der Waals surface area (Å²) in [6.45, 7) is 11.8. The van der Waals surface area contributed by atoms with Gasteiger partial charge in [0, 0.05) is 11.4 Å². The Labute approximate surface area is 180 Å². The average Bonchev–Trinajstić information content (AvgIpc) is 3.16. The van der Waals surface area contributed by atoms with Crippen molar-refractivity contribution in [2.24, 2.45) is 0 Å². The molecule has 0 radical (unpaired) electrons. The molecule has 168 valence electrons. The second-order valence-corrected chi connectivity index (χ2v) is 7.10. The Morgan fingerprint density at radius 1 is 0.742 bits per heavy atom. The zero-order chi connectivity index (χ0) is 23.5. The van der Waals surface area contributed by atoms with Gasteiger partial charge in [0.15, 0.2) is 6.10 Å². The van der Waals surface area contributed by atoms with Crippen molar-refractivity contribution in [3.63, 3.8) is 0 Å². The number of Topliss-reactive ketones (excluding diaryl/α,β-unsaturated/α-hetero) is 1. The minimum atomic E-state index is -1.13. The second kappa shape index (κ2) is 9.63. The van der Waals surface area contributed by atoms with Gasteiger partial charge in [0.25, 0.3) is 0 Å². The number of hydrogen-bond acceptors (Lipinski definition) is 7. The number of hydrogen-bond donors (Lipinski definition) is 2. The van der Waals surface area contributed by atoms with E-state index >= 15 is 0 Å². The molecule has 1 atom stereocenters. The normalized spacial score (nSPS) is 11.7. The predicted octanol–water partition coefficient (Wildman–Crippen LogP) is 3.36. The summed E-state index contributed by atoms with van der Waals surface area (Å²) in [6, 6.07) is 0. The molecule has 0 saturated heterocycles. The maximum atomic E-state index is 12.9. The molecule has 0 fully saturated rings. The minimum Gasteiger partial charge on any atom is -0.462 e. The molecule has 1 unspecified atom stereocenters. The number of carbonyl (C=O) groups excluding carboxylic acids is 4. The molecule has 2 heterocycles. The number of H-pyrrole nitrogens is 2. The van der Waals surface area contributed by atoms with Crippen molar-refractivity contribution >= 4 is 23.7 Å². The highest BCUT2D eigenvalue weighted by atomic mass is 16.5. The Bertz CT molecular complexity index is 1030. The van der Waals surface area contributed by atoms with Crippen molar-refractivity contribution in [3.8, 4) is 0 Å². The Kier molecular flexibility index (Phi) is 7.43.